The zero-order chi connectivity index (χ0) is 34.8. The van der Waals surface area contributed by atoms with Gasteiger partial charge in [0, 0.05) is 12.8 Å². The van der Waals surface area contributed by atoms with Gasteiger partial charge in [-0.25, -0.2) is 0 Å². The van der Waals surface area contributed by atoms with E-state index < -0.39 is 24.1 Å². The molecule has 0 heterocycles. The summed E-state index contributed by atoms with van der Waals surface area (Å²) in [7, 11) is 0. The number of rotatable bonds is 29. The van der Waals surface area contributed by atoms with Crippen molar-refractivity contribution in [2.45, 2.75) is 200 Å². The summed E-state index contributed by atoms with van der Waals surface area (Å²) in [6.45, 7) is 5.16. The Morgan fingerprint density at radius 1 is 0.422 bits per heavy atom. The molecule has 0 aliphatic carbocycles. The van der Waals surface area contributed by atoms with Gasteiger partial charge in [0.1, 0.15) is 6.10 Å². The van der Waals surface area contributed by atoms with Crippen molar-refractivity contribution in [3.63, 3.8) is 0 Å². The lowest BCUT2D eigenvalue weighted by Gasteiger charge is -2.03. The number of carbonyl (C=O) groups is 2. The van der Waals surface area contributed by atoms with Gasteiger partial charge in [-0.2, -0.15) is 0 Å². The van der Waals surface area contributed by atoms with E-state index in [1.54, 1.807) is 0 Å². The molecule has 0 aromatic rings. The average molecular weight is 653 g/mol. The molecule has 0 radical (unpaired) electrons. The van der Waals surface area contributed by atoms with Gasteiger partial charge in [0.05, 0.1) is 25.9 Å². The molecule has 9 nitrogen and oxygen atoms in total. The first-order chi connectivity index (χ1) is 21.6. The Labute approximate surface area is 276 Å². The number of carboxylic acids is 2. The third-order valence-electron chi connectivity index (χ3n) is 7.17. The van der Waals surface area contributed by atoms with Gasteiger partial charge in [0.2, 0.25) is 0 Å². The number of hydrogen-bond acceptors (Lipinski definition) is 7. The number of aliphatic hydroxyl groups is 5. The molecule has 0 aromatic carbocycles. The lowest BCUT2D eigenvalue weighted by atomic mass is 10.0. The minimum atomic E-state index is -0.954. The highest BCUT2D eigenvalue weighted by Crippen LogP contribution is 2.14. The smallest absolute Gasteiger partial charge is 0.303 e. The van der Waals surface area contributed by atoms with Crippen molar-refractivity contribution in [2.24, 2.45) is 0 Å². The molecule has 274 valence electrons. The van der Waals surface area contributed by atoms with E-state index in [-0.39, 0.29) is 19.8 Å². The molecular formula is C36H76O9. The van der Waals surface area contributed by atoms with E-state index >= 15 is 0 Å². The lowest BCUT2D eigenvalue weighted by Crippen LogP contribution is -2.15. The van der Waals surface area contributed by atoms with Crippen LogP contribution in [0, 0.1) is 0 Å². The van der Waals surface area contributed by atoms with Crippen LogP contribution in [0.3, 0.4) is 0 Å². The number of unbranched alkanes of at least 4 members (excludes halogenated alkanes) is 22. The second-order valence-electron chi connectivity index (χ2n) is 12.1. The van der Waals surface area contributed by atoms with E-state index in [9.17, 15) is 9.59 Å². The first-order valence-corrected chi connectivity index (χ1v) is 18.2. The molecule has 1 atom stereocenters. The molecule has 0 fully saturated rings. The van der Waals surface area contributed by atoms with E-state index in [0.29, 0.717) is 12.8 Å². The van der Waals surface area contributed by atoms with Crippen LogP contribution in [0.4, 0.5) is 0 Å². The Morgan fingerprint density at radius 2 is 0.622 bits per heavy atom. The standard InChI is InChI=1S/C18H36O2.C12H24O2.C3H8O3.C3H8O2/c1-2-3-4-5-6-7-8-9-10-11-12-13-14-15-16-17-18(19)20;1-2-3-4-5-6-7-8-9-10-11-12(13)14;4-1-3(6)2-5;1-3(5)2-4/h2-17H2,1H3,(H,19,20);2-11H2,1H3,(H,13,14);3-6H,1-2H2;3-5H,2H2,1H3. The van der Waals surface area contributed by atoms with Crippen molar-refractivity contribution in [3.05, 3.63) is 0 Å². The van der Waals surface area contributed by atoms with Gasteiger partial charge in [-0.3, -0.25) is 9.59 Å². The fourth-order valence-corrected chi connectivity index (χ4v) is 4.29. The van der Waals surface area contributed by atoms with Crippen LogP contribution >= 0.6 is 0 Å². The predicted octanol–water partition coefficient (Wildman–Crippen LogP) is 8.02. The van der Waals surface area contributed by atoms with Gasteiger partial charge >= 0.3 is 11.9 Å². The van der Waals surface area contributed by atoms with Crippen molar-refractivity contribution in [3.8, 4) is 0 Å². The van der Waals surface area contributed by atoms with Gasteiger partial charge in [0.15, 0.2) is 0 Å². The molecule has 0 saturated carbocycles. The van der Waals surface area contributed by atoms with Gasteiger partial charge < -0.3 is 35.7 Å². The Kier molecular flexibility index (Phi) is 53.0. The fraction of sp³-hybridized carbons (Fsp3) is 0.944. The Balaban J connectivity index is -0.000000289. The zero-order valence-electron chi connectivity index (χ0n) is 29.6. The normalized spacial score (nSPS) is 11.0. The summed E-state index contributed by atoms with van der Waals surface area (Å²) in [6, 6.07) is 0. The fourth-order valence-electron chi connectivity index (χ4n) is 4.29. The maximum atomic E-state index is 10.3. The first kappa shape index (κ1) is 50.6. The number of hydrogen-bond donors (Lipinski definition) is 7. The Hall–Kier alpha value is -1.26. The molecule has 9 heteroatoms. The third-order valence-corrected chi connectivity index (χ3v) is 7.17. The van der Waals surface area contributed by atoms with Crippen LogP contribution in [0.5, 0.6) is 0 Å². The summed E-state index contributed by atoms with van der Waals surface area (Å²) in [5, 5.41) is 57.0. The van der Waals surface area contributed by atoms with Gasteiger partial charge in [-0.05, 0) is 19.8 Å². The number of carboxylic acid groups (broad SMARTS) is 2. The first-order valence-electron chi connectivity index (χ1n) is 18.2. The summed E-state index contributed by atoms with van der Waals surface area (Å²) in [6.07, 6.45) is 30.2. The van der Waals surface area contributed by atoms with Crippen LogP contribution in [0.15, 0.2) is 0 Å². The van der Waals surface area contributed by atoms with Crippen molar-refractivity contribution >= 4 is 11.9 Å². The van der Waals surface area contributed by atoms with E-state index in [2.05, 4.69) is 13.8 Å². The average Bonchev–Trinajstić information content (AvgIpc) is 3.02. The highest BCUT2D eigenvalue weighted by molar-refractivity contribution is 5.66. The van der Waals surface area contributed by atoms with E-state index in [1.165, 1.54) is 135 Å². The molecule has 7 N–H and O–H groups in total. The molecule has 45 heavy (non-hydrogen) atoms. The van der Waals surface area contributed by atoms with Crippen molar-refractivity contribution in [1.29, 1.82) is 0 Å². The molecule has 1 unspecified atom stereocenters. The van der Waals surface area contributed by atoms with Crippen LogP contribution in [0.2, 0.25) is 0 Å². The molecule has 0 bridgehead atoms. The highest BCUT2D eigenvalue weighted by atomic mass is 16.4. The van der Waals surface area contributed by atoms with Crippen molar-refractivity contribution < 1.29 is 45.3 Å². The van der Waals surface area contributed by atoms with Gasteiger partial charge in [-0.15, -0.1) is 0 Å². The third kappa shape index (κ3) is 66.2. The second-order valence-corrected chi connectivity index (χ2v) is 12.1. The van der Waals surface area contributed by atoms with Crippen LogP contribution in [-0.2, 0) is 9.59 Å². The van der Waals surface area contributed by atoms with Crippen LogP contribution < -0.4 is 0 Å². The summed E-state index contributed by atoms with van der Waals surface area (Å²) in [5.41, 5.74) is 0. The van der Waals surface area contributed by atoms with Crippen molar-refractivity contribution in [1.82, 2.24) is 0 Å². The summed E-state index contributed by atoms with van der Waals surface area (Å²) < 4.78 is 0. The molecule has 0 aromatic heterocycles. The van der Waals surface area contributed by atoms with Crippen LogP contribution in [0.1, 0.15) is 188 Å². The Morgan fingerprint density at radius 3 is 0.756 bits per heavy atom. The molecule has 0 aliphatic rings. The molecular weight excluding hydrogens is 576 g/mol. The van der Waals surface area contributed by atoms with Crippen LogP contribution in [-0.4, -0.2) is 79.7 Å². The summed E-state index contributed by atoms with van der Waals surface area (Å²) >= 11 is 0. The number of aliphatic carboxylic acids is 2. The lowest BCUT2D eigenvalue weighted by molar-refractivity contribution is -0.138. The Bertz CT molecular complexity index is 541. The van der Waals surface area contributed by atoms with Gasteiger partial charge in [-0.1, -0.05) is 155 Å². The highest BCUT2D eigenvalue weighted by Gasteiger charge is 1.98. The quantitative estimate of drug-likeness (QED) is 0.0394. The monoisotopic (exact) mass is 653 g/mol. The van der Waals surface area contributed by atoms with E-state index in [4.69, 9.17) is 35.7 Å². The molecule has 0 saturated heterocycles. The van der Waals surface area contributed by atoms with E-state index in [0.717, 1.165) is 25.7 Å². The maximum Gasteiger partial charge on any atom is 0.303 e. The SMILES string of the molecule is CC(O)CO.CCCCCCCCCCCC(=O)O.CCCCCCCCCCCCCCCCCC(=O)O.OCC(O)CO. The molecule has 0 aliphatic heterocycles. The zero-order valence-corrected chi connectivity index (χ0v) is 29.6. The number of aliphatic hydroxyl groups excluding tert-OH is 5. The maximum absolute atomic E-state index is 10.3. The summed E-state index contributed by atoms with van der Waals surface area (Å²) in [5.74, 6) is -1.31. The molecule has 0 spiro atoms. The minimum Gasteiger partial charge on any atom is -0.481 e. The second kappa shape index (κ2) is 47.2. The molecule has 0 amide bonds. The van der Waals surface area contributed by atoms with Crippen molar-refractivity contribution in [2.75, 3.05) is 19.8 Å². The largest absolute Gasteiger partial charge is 0.481 e. The summed E-state index contributed by atoms with van der Waals surface area (Å²) in [4.78, 5) is 20.5. The topological polar surface area (TPSA) is 176 Å². The molecule has 0 rings (SSSR count). The predicted molar refractivity (Wildman–Crippen MR) is 186 cm³/mol. The minimum absolute atomic E-state index is 0.139. The van der Waals surface area contributed by atoms with E-state index in [1.807, 2.05) is 0 Å². The van der Waals surface area contributed by atoms with Gasteiger partial charge in [0.25, 0.3) is 0 Å². The van der Waals surface area contributed by atoms with Crippen LogP contribution in [0.25, 0.3) is 0 Å².